The standard InChI is InChI=1S/C16H14N4O3/c1-11-9-19-10-13(6-7-15(19)17-11)18-16(21)8-12-4-2-3-5-14(12)20(22)23/h2-7,9-10H,8H2,1H3,(H,18,21). The number of nitro benzene ring substituents is 1. The number of rotatable bonds is 4. The molecular weight excluding hydrogens is 296 g/mol. The maximum absolute atomic E-state index is 12.1. The molecule has 3 rings (SSSR count). The summed E-state index contributed by atoms with van der Waals surface area (Å²) in [4.78, 5) is 26.9. The van der Waals surface area contributed by atoms with Gasteiger partial charge in [-0.3, -0.25) is 14.9 Å². The molecule has 0 saturated heterocycles. The maximum Gasteiger partial charge on any atom is 0.273 e. The molecule has 1 aromatic carbocycles. The molecule has 7 heteroatoms. The number of fused-ring (bicyclic) bond motifs is 1. The number of carbonyl (C=O) groups excluding carboxylic acids is 1. The largest absolute Gasteiger partial charge is 0.324 e. The minimum Gasteiger partial charge on any atom is -0.324 e. The van der Waals surface area contributed by atoms with Gasteiger partial charge >= 0.3 is 0 Å². The molecule has 116 valence electrons. The molecule has 23 heavy (non-hydrogen) atoms. The van der Waals surface area contributed by atoms with Crippen LogP contribution in [0, 0.1) is 17.0 Å². The van der Waals surface area contributed by atoms with E-state index in [0.29, 0.717) is 11.3 Å². The highest BCUT2D eigenvalue weighted by molar-refractivity contribution is 5.92. The summed E-state index contributed by atoms with van der Waals surface area (Å²) in [6, 6.07) is 9.78. The number of anilines is 1. The van der Waals surface area contributed by atoms with Gasteiger partial charge in [-0.1, -0.05) is 18.2 Å². The number of nitro groups is 1. The van der Waals surface area contributed by atoms with Crippen molar-refractivity contribution in [3.05, 3.63) is 70.2 Å². The molecule has 7 nitrogen and oxygen atoms in total. The molecule has 2 aromatic heterocycles. The van der Waals surface area contributed by atoms with Gasteiger partial charge < -0.3 is 9.72 Å². The zero-order valence-electron chi connectivity index (χ0n) is 12.4. The number of para-hydroxylation sites is 1. The number of pyridine rings is 1. The second-order valence-corrected chi connectivity index (χ2v) is 5.18. The summed E-state index contributed by atoms with van der Waals surface area (Å²) < 4.78 is 1.82. The molecule has 0 radical (unpaired) electrons. The van der Waals surface area contributed by atoms with Crippen LogP contribution in [0.15, 0.2) is 48.8 Å². The van der Waals surface area contributed by atoms with Crippen molar-refractivity contribution >= 4 is 22.9 Å². The van der Waals surface area contributed by atoms with E-state index >= 15 is 0 Å². The van der Waals surface area contributed by atoms with E-state index < -0.39 is 4.92 Å². The van der Waals surface area contributed by atoms with Gasteiger partial charge in [0.15, 0.2) is 0 Å². The van der Waals surface area contributed by atoms with Crippen molar-refractivity contribution in [3.8, 4) is 0 Å². The summed E-state index contributed by atoms with van der Waals surface area (Å²) in [6.07, 6.45) is 3.55. The number of amides is 1. The van der Waals surface area contributed by atoms with Crippen molar-refractivity contribution in [1.29, 1.82) is 0 Å². The fraction of sp³-hybridized carbons (Fsp3) is 0.125. The number of benzene rings is 1. The molecule has 0 spiro atoms. The lowest BCUT2D eigenvalue weighted by atomic mass is 10.1. The van der Waals surface area contributed by atoms with E-state index in [1.807, 2.05) is 17.5 Å². The Morgan fingerprint density at radius 2 is 2.04 bits per heavy atom. The van der Waals surface area contributed by atoms with Crippen molar-refractivity contribution in [2.24, 2.45) is 0 Å². The third kappa shape index (κ3) is 3.18. The minimum atomic E-state index is -0.483. The first-order chi connectivity index (χ1) is 11.0. The molecule has 0 fully saturated rings. The van der Waals surface area contributed by atoms with Crippen molar-refractivity contribution < 1.29 is 9.72 Å². The smallest absolute Gasteiger partial charge is 0.273 e. The monoisotopic (exact) mass is 310 g/mol. The molecule has 2 heterocycles. The van der Waals surface area contributed by atoms with Gasteiger partial charge in [0.1, 0.15) is 5.65 Å². The zero-order chi connectivity index (χ0) is 16.4. The molecule has 0 unspecified atom stereocenters. The molecule has 1 amide bonds. The number of hydrogen-bond donors (Lipinski definition) is 1. The number of carbonyl (C=O) groups is 1. The van der Waals surface area contributed by atoms with Crippen LogP contribution in [0.2, 0.25) is 0 Å². The average molecular weight is 310 g/mol. The average Bonchev–Trinajstić information content (AvgIpc) is 2.86. The fourth-order valence-electron chi connectivity index (χ4n) is 2.41. The fourth-order valence-corrected chi connectivity index (χ4v) is 2.41. The summed E-state index contributed by atoms with van der Waals surface area (Å²) in [6.45, 7) is 1.89. The van der Waals surface area contributed by atoms with Gasteiger partial charge in [0, 0.05) is 24.0 Å². The summed E-state index contributed by atoms with van der Waals surface area (Å²) in [5.41, 5.74) is 2.61. The third-order valence-electron chi connectivity index (χ3n) is 3.39. The Morgan fingerprint density at radius 1 is 1.26 bits per heavy atom. The Morgan fingerprint density at radius 3 is 2.83 bits per heavy atom. The van der Waals surface area contributed by atoms with E-state index in [9.17, 15) is 14.9 Å². The van der Waals surface area contributed by atoms with Crippen LogP contribution < -0.4 is 5.32 Å². The van der Waals surface area contributed by atoms with Gasteiger partial charge in [-0.05, 0) is 19.1 Å². The second-order valence-electron chi connectivity index (χ2n) is 5.18. The summed E-state index contributed by atoms with van der Waals surface area (Å²) in [5, 5.41) is 13.7. The predicted molar refractivity (Wildman–Crippen MR) is 85.4 cm³/mol. The van der Waals surface area contributed by atoms with Crippen molar-refractivity contribution in [2.75, 3.05) is 5.32 Å². The topological polar surface area (TPSA) is 89.5 Å². The van der Waals surface area contributed by atoms with Crippen LogP contribution in [-0.4, -0.2) is 20.2 Å². The van der Waals surface area contributed by atoms with Crippen molar-refractivity contribution in [2.45, 2.75) is 13.3 Å². The molecule has 3 aromatic rings. The van der Waals surface area contributed by atoms with Crippen LogP contribution in [0.5, 0.6) is 0 Å². The molecule has 0 saturated carbocycles. The summed E-state index contributed by atoms with van der Waals surface area (Å²) in [7, 11) is 0. The van der Waals surface area contributed by atoms with Crippen LogP contribution in [0.1, 0.15) is 11.3 Å². The lowest BCUT2D eigenvalue weighted by Gasteiger charge is -2.06. The van der Waals surface area contributed by atoms with E-state index in [0.717, 1.165) is 11.3 Å². The zero-order valence-corrected chi connectivity index (χ0v) is 12.4. The highest BCUT2D eigenvalue weighted by Crippen LogP contribution is 2.19. The molecule has 0 atom stereocenters. The molecule has 0 aliphatic heterocycles. The Labute approximate surface area is 131 Å². The van der Waals surface area contributed by atoms with Gasteiger partial charge in [0.05, 0.1) is 22.7 Å². The Balaban J connectivity index is 1.77. The lowest BCUT2D eigenvalue weighted by molar-refractivity contribution is -0.385. The minimum absolute atomic E-state index is 0.0525. The van der Waals surface area contributed by atoms with E-state index in [1.54, 1.807) is 36.5 Å². The van der Waals surface area contributed by atoms with Crippen molar-refractivity contribution in [1.82, 2.24) is 9.38 Å². The van der Waals surface area contributed by atoms with E-state index in [2.05, 4.69) is 10.3 Å². The molecule has 0 bridgehead atoms. The third-order valence-corrected chi connectivity index (χ3v) is 3.39. The first-order valence-corrected chi connectivity index (χ1v) is 7.00. The van der Waals surface area contributed by atoms with E-state index in [4.69, 9.17) is 0 Å². The quantitative estimate of drug-likeness (QED) is 0.592. The van der Waals surface area contributed by atoms with Gasteiger partial charge in [-0.2, -0.15) is 0 Å². The number of hydrogen-bond acceptors (Lipinski definition) is 4. The van der Waals surface area contributed by atoms with Crippen LogP contribution in [-0.2, 0) is 11.2 Å². The molecular formula is C16H14N4O3. The molecule has 0 aliphatic rings. The Kier molecular flexibility index (Phi) is 3.76. The first-order valence-electron chi connectivity index (χ1n) is 7.00. The van der Waals surface area contributed by atoms with Crippen LogP contribution in [0.25, 0.3) is 5.65 Å². The number of imidazole rings is 1. The second kappa shape index (κ2) is 5.88. The SMILES string of the molecule is Cc1cn2cc(NC(=O)Cc3ccccc3[N+](=O)[O-])ccc2n1. The molecule has 0 aliphatic carbocycles. The highest BCUT2D eigenvalue weighted by atomic mass is 16.6. The summed E-state index contributed by atoms with van der Waals surface area (Å²) >= 11 is 0. The van der Waals surface area contributed by atoms with E-state index in [-0.39, 0.29) is 18.0 Å². The lowest BCUT2D eigenvalue weighted by Crippen LogP contribution is -2.15. The number of nitrogens with one attached hydrogen (secondary N) is 1. The molecule has 1 N–H and O–H groups in total. The normalized spacial score (nSPS) is 10.7. The Hall–Kier alpha value is -3.22. The number of aryl methyl sites for hydroxylation is 1. The van der Waals surface area contributed by atoms with Gasteiger partial charge in [-0.15, -0.1) is 0 Å². The summed E-state index contributed by atoms with van der Waals surface area (Å²) in [5.74, 6) is -0.310. The number of nitrogens with zero attached hydrogens (tertiary/aromatic N) is 3. The van der Waals surface area contributed by atoms with Crippen LogP contribution in [0.4, 0.5) is 11.4 Å². The Bertz CT molecular complexity index is 901. The van der Waals surface area contributed by atoms with Gasteiger partial charge in [0.2, 0.25) is 5.91 Å². The van der Waals surface area contributed by atoms with Gasteiger partial charge in [-0.25, -0.2) is 4.98 Å². The van der Waals surface area contributed by atoms with Crippen molar-refractivity contribution in [3.63, 3.8) is 0 Å². The van der Waals surface area contributed by atoms with Crippen LogP contribution >= 0.6 is 0 Å². The number of aromatic nitrogens is 2. The maximum atomic E-state index is 12.1. The highest BCUT2D eigenvalue weighted by Gasteiger charge is 2.15. The van der Waals surface area contributed by atoms with E-state index in [1.165, 1.54) is 6.07 Å². The first kappa shape index (κ1) is 14.7. The van der Waals surface area contributed by atoms with Crippen LogP contribution in [0.3, 0.4) is 0 Å². The van der Waals surface area contributed by atoms with Gasteiger partial charge in [0.25, 0.3) is 5.69 Å². The predicted octanol–water partition coefficient (Wildman–Crippen LogP) is 2.73.